The van der Waals surface area contributed by atoms with Gasteiger partial charge in [-0.25, -0.2) is 0 Å². The molecule has 1 atom stereocenters. The van der Waals surface area contributed by atoms with Crippen LogP contribution in [0.5, 0.6) is 17.2 Å². The normalized spacial score (nSPS) is 17.5. The number of thiophene rings is 1. The van der Waals surface area contributed by atoms with Crippen LogP contribution < -0.4 is 19.1 Å². The zero-order valence-electron chi connectivity index (χ0n) is 30.3. The minimum Gasteiger partial charge on any atom is -0.488 e. The summed E-state index contributed by atoms with van der Waals surface area (Å²) in [7, 11) is 0. The molecule has 1 aromatic heterocycles. The van der Waals surface area contributed by atoms with Gasteiger partial charge in [0, 0.05) is 41.6 Å². The van der Waals surface area contributed by atoms with E-state index in [1.165, 1.54) is 35.6 Å². The quantitative estimate of drug-likeness (QED) is 0.163. The van der Waals surface area contributed by atoms with Gasteiger partial charge in [0.25, 0.3) is 5.60 Å². The number of halogens is 3. The van der Waals surface area contributed by atoms with Gasteiger partial charge >= 0.3 is 6.18 Å². The van der Waals surface area contributed by atoms with Gasteiger partial charge in [-0.1, -0.05) is 66.8 Å². The van der Waals surface area contributed by atoms with Crippen molar-refractivity contribution in [2.75, 3.05) is 44.4 Å². The van der Waals surface area contributed by atoms with Crippen LogP contribution >= 0.6 is 11.3 Å². The molecule has 0 fully saturated rings. The molecule has 3 aliphatic rings. The lowest BCUT2D eigenvalue weighted by Gasteiger charge is -2.34. The molecule has 1 aliphatic carbocycles. The number of nitriles is 3. The number of anilines is 1. The average Bonchev–Trinajstić information content (AvgIpc) is 3.60. The van der Waals surface area contributed by atoms with E-state index in [1.807, 2.05) is 53.4 Å². The van der Waals surface area contributed by atoms with Gasteiger partial charge in [0.05, 0.1) is 23.0 Å². The maximum absolute atomic E-state index is 15.5. The van der Waals surface area contributed by atoms with Crippen LogP contribution in [0.1, 0.15) is 27.3 Å². The molecule has 14 heteroatoms. The van der Waals surface area contributed by atoms with Gasteiger partial charge in [0.15, 0.2) is 22.8 Å². The second-order valence-electron chi connectivity index (χ2n) is 12.6. The van der Waals surface area contributed by atoms with E-state index >= 15 is 13.2 Å². The van der Waals surface area contributed by atoms with Crippen LogP contribution in [0.25, 0.3) is 18.2 Å². The highest BCUT2D eigenvalue weighted by Gasteiger charge is 2.65. The lowest BCUT2D eigenvalue weighted by Crippen LogP contribution is -2.48. The van der Waals surface area contributed by atoms with E-state index < -0.39 is 34.3 Å². The van der Waals surface area contributed by atoms with Crippen LogP contribution in [-0.2, 0) is 11.3 Å². The molecule has 2 aromatic carbocycles. The van der Waals surface area contributed by atoms with Crippen molar-refractivity contribution in [3.63, 3.8) is 0 Å². The molecule has 57 heavy (non-hydrogen) atoms. The number of aliphatic hydroxyl groups excluding tert-OH is 2. The van der Waals surface area contributed by atoms with E-state index in [2.05, 4.69) is 0 Å². The highest BCUT2D eigenvalue weighted by atomic mass is 32.1. The monoisotopic (exact) mass is 792 g/mol. The van der Waals surface area contributed by atoms with Gasteiger partial charge in [-0.2, -0.15) is 29.0 Å². The number of hydrogen-bond donors (Lipinski definition) is 2. The number of nitrogens with zero attached hydrogens (tertiary/aromatic N) is 4. The Hall–Kier alpha value is -6.50. The smallest absolute Gasteiger partial charge is 0.437 e. The van der Waals surface area contributed by atoms with E-state index in [9.17, 15) is 26.0 Å². The SMILES string of the molecule is N#CC(C#N)=C1OC(C2=CCC=CC=C2)(C(F)(F)F)C(/C=C/c2sc(/C=C/c3ccc(N(CCO)CCO)cc3OCc3ccccc3)c3c2OCCO3)=C1C#N. The second-order valence-corrected chi connectivity index (χ2v) is 13.7. The van der Waals surface area contributed by atoms with Crippen LogP contribution in [0.2, 0.25) is 0 Å². The lowest BCUT2D eigenvalue weighted by molar-refractivity contribution is -0.227. The summed E-state index contributed by atoms with van der Waals surface area (Å²) in [5.41, 5.74) is -3.14. The number of allylic oxidation sites excluding steroid dienone is 6. The molecule has 10 nitrogen and oxygen atoms in total. The number of alkyl halides is 3. The third-order valence-electron chi connectivity index (χ3n) is 9.10. The van der Waals surface area contributed by atoms with Gasteiger partial charge in [-0.3, -0.25) is 0 Å². The van der Waals surface area contributed by atoms with Crippen LogP contribution in [0.15, 0.2) is 113 Å². The van der Waals surface area contributed by atoms with Crippen LogP contribution in [0, 0.1) is 34.0 Å². The molecule has 0 saturated carbocycles. The Morgan fingerprint density at radius 1 is 0.912 bits per heavy atom. The molecular formula is C43H35F3N4O6S. The van der Waals surface area contributed by atoms with Gasteiger partial charge in [0.1, 0.15) is 49.4 Å². The zero-order chi connectivity index (χ0) is 40.4. The van der Waals surface area contributed by atoms with Crippen molar-refractivity contribution in [2.45, 2.75) is 24.8 Å². The van der Waals surface area contributed by atoms with Crippen molar-refractivity contribution >= 4 is 35.3 Å². The number of aliphatic hydroxyl groups is 2. The molecular weight excluding hydrogens is 758 g/mol. The Labute approximate surface area is 331 Å². The Balaban J connectivity index is 1.43. The lowest BCUT2D eigenvalue weighted by atomic mass is 9.82. The van der Waals surface area contributed by atoms with Crippen molar-refractivity contribution in [2.24, 2.45) is 0 Å². The Morgan fingerprint density at radius 2 is 1.60 bits per heavy atom. The van der Waals surface area contributed by atoms with E-state index in [0.717, 1.165) is 17.3 Å². The van der Waals surface area contributed by atoms with Crippen LogP contribution in [-0.4, -0.2) is 61.5 Å². The summed E-state index contributed by atoms with van der Waals surface area (Å²) in [6.07, 6.45) is 8.29. The van der Waals surface area contributed by atoms with Crippen molar-refractivity contribution in [3.05, 3.63) is 134 Å². The molecule has 1 unspecified atom stereocenters. The summed E-state index contributed by atoms with van der Waals surface area (Å²) in [6, 6.07) is 20.0. The Morgan fingerprint density at radius 3 is 2.23 bits per heavy atom. The molecule has 6 rings (SSSR count). The van der Waals surface area contributed by atoms with Gasteiger partial charge < -0.3 is 34.1 Å². The third-order valence-corrected chi connectivity index (χ3v) is 10.2. The fourth-order valence-electron chi connectivity index (χ4n) is 6.47. The van der Waals surface area contributed by atoms with Crippen molar-refractivity contribution in [1.82, 2.24) is 0 Å². The summed E-state index contributed by atoms with van der Waals surface area (Å²) in [4.78, 5) is 2.80. The summed E-state index contributed by atoms with van der Waals surface area (Å²) in [5.74, 6) is 0.432. The number of rotatable bonds is 13. The minimum absolute atomic E-state index is 0.117. The first-order valence-electron chi connectivity index (χ1n) is 17.7. The van der Waals surface area contributed by atoms with Gasteiger partial charge in [-0.05, 0) is 42.3 Å². The molecule has 0 amide bonds. The van der Waals surface area contributed by atoms with Gasteiger partial charge in [-0.15, -0.1) is 11.3 Å². The molecule has 2 N–H and O–H groups in total. The van der Waals surface area contributed by atoms with Crippen molar-refractivity contribution in [3.8, 4) is 35.5 Å². The molecule has 3 aromatic rings. The molecule has 290 valence electrons. The largest absolute Gasteiger partial charge is 0.488 e. The Bertz CT molecular complexity index is 2320. The minimum atomic E-state index is -5.14. The summed E-state index contributed by atoms with van der Waals surface area (Å²) in [5, 5.41) is 48.7. The summed E-state index contributed by atoms with van der Waals surface area (Å²) < 4.78 is 70.2. The van der Waals surface area contributed by atoms with E-state index in [-0.39, 0.29) is 45.0 Å². The predicted molar refractivity (Wildman–Crippen MR) is 209 cm³/mol. The Kier molecular flexibility index (Phi) is 12.7. The average molecular weight is 793 g/mol. The van der Waals surface area contributed by atoms with Crippen molar-refractivity contribution < 1.29 is 42.3 Å². The van der Waals surface area contributed by atoms with E-state index in [4.69, 9.17) is 18.9 Å². The maximum atomic E-state index is 15.5. The number of hydrogen-bond acceptors (Lipinski definition) is 11. The number of ether oxygens (including phenoxy) is 4. The summed E-state index contributed by atoms with van der Waals surface area (Å²) >= 11 is 1.18. The molecule has 0 radical (unpaired) electrons. The number of benzene rings is 2. The van der Waals surface area contributed by atoms with E-state index in [0.29, 0.717) is 45.7 Å². The highest BCUT2D eigenvalue weighted by Crippen LogP contribution is 2.55. The van der Waals surface area contributed by atoms with E-state index in [1.54, 1.807) is 42.5 Å². The maximum Gasteiger partial charge on any atom is 0.437 e. The molecule has 0 bridgehead atoms. The van der Waals surface area contributed by atoms with Crippen molar-refractivity contribution in [1.29, 1.82) is 15.8 Å². The van der Waals surface area contributed by atoms with Crippen LogP contribution in [0.4, 0.5) is 18.9 Å². The zero-order valence-corrected chi connectivity index (χ0v) is 31.1. The first-order chi connectivity index (χ1) is 27.7. The highest BCUT2D eigenvalue weighted by molar-refractivity contribution is 7.14. The molecule has 0 spiro atoms. The fraction of sp³-hybridized carbons (Fsp3) is 0.233. The molecule has 2 aliphatic heterocycles. The predicted octanol–water partition coefficient (Wildman–Crippen LogP) is 7.97. The third kappa shape index (κ3) is 8.37. The topological polar surface area (TPSA) is 152 Å². The molecule has 0 saturated heterocycles. The van der Waals surface area contributed by atoms with Crippen LogP contribution in [0.3, 0.4) is 0 Å². The summed E-state index contributed by atoms with van der Waals surface area (Å²) in [6.45, 7) is 1.03. The van der Waals surface area contributed by atoms with Gasteiger partial charge in [0.2, 0.25) is 0 Å². The first kappa shape index (κ1) is 40.2. The molecule has 3 heterocycles. The first-order valence-corrected chi connectivity index (χ1v) is 18.6. The fourth-order valence-corrected chi connectivity index (χ4v) is 7.47. The standard InChI is InChI=1S/C43H35F3N4O6S/c44-43(45,46)42(32-10-6-1-2-7-11-32)35(34(27-49)39(56-42)31(25-47)26-48)15-17-38-41-40(53-22-23-54-41)37(57-38)16-13-30-12-14-33(50(18-20-51)19-21-52)24-36(30)55-28-29-8-4-3-5-9-29/h1-6,8-17,24,51-52H,7,18-23,28H2/b16-13+,17-15+. The second kappa shape index (κ2) is 18.0. The number of fused-ring (bicyclic) bond motifs is 1.